The van der Waals surface area contributed by atoms with E-state index in [-0.39, 0.29) is 14.9 Å². The lowest BCUT2D eigenvalue weighted by atomic mass is 10.2. The molecule has 0 aromatic carbocycles. The summed E-state index contributed by atoms with van der Waals surface area (Å²) in [5, 5.41) is 0.631. The number of nitrogens with zero attached hydrogens (tertiary/aromatic N) is 6. The van der Waals surface area contributed by atoms with Crippen LogP contribution in [0.5, 0.6) is 0 Å². The van der Waals surface area contributed by atoms with E-state index in [9.17, 15) is 8.78 Å². The van der Waals surface area contributed by atoms with Crippen molar-refractivity contribution in [2.24, 2.45) is 0 Å². The van der Waals surface area contributed by atoms with Gasteiger partial charge in [-0.25, -0.2) is 38.7 Å². The molecule has 3 heterocycles. The summed E-state index contributed by atoms with van der Waals surface area (Å²) in [5.74, 6) is 0.454. The molecule has 6 nitrogen and oxygen atoms in total. The van der Waals surface area contributed by atoms with E-state index in [0.717, 1.165) is 30.4 Å². The number of halogens is 3. The number of alkyl halides is 1. The van der Waals surface area contributed by atoms with Crippen molar-refractivity contribution >= 4 is 28.9 Å². The predicted molar refractivity (Wildman–Crippen MR) is 118 cm³/mol. The molecular weight excluding hydrogens is 430 g/mol. The van der Waals surface area contributed by atoms with Crippen LogP contribution >= 0.6 is 23.4 Å². The average Bonchev–Trinajstić information content (AvgIpc) is 2.68. The van der Waals surface area contributed by atoms with Gasteiger partial charge in [-0.3, -0.25) is 0 Å². The van der Waals surface area contributed by atoms with Crippen LogP contribution < -0.4 is 0 Å². The Morgan fingerprint density at radius 3 is 1.90 bits per heavy atom. The summed E-state index contributed by atoms with van der Waals surface area (Å²) in [6.45, 7) is 7.15. The molecule has 1 atom stereocenters. The highest BCUT2D eigenvalue weighted by Crippen LogP contribution is 2.31. The van der Waals surface area contributed by atoms with Crippen molar-refractivity contribution in [3.63, 3.8) is 0 Å². The molecule has 0 saturated carbocycles. The van der Waals surface area contributed by atoms with Gasteiger partial charge in [0.2, 0.25) is 0 Å². The third-order valence-electron chi connectivity index (χ3n) is 3.10. The van der Waals surface area contributed by atoms with Crippen LogP contribution in [0.3, 0.4) is 0 Å². The number of hydrogen-bond acceptors (Lipinski definition) is 7. The SMILES string of the molecule is C.C.C=C(C)c1ncc(F)cn1.CC(Cl)(CSc1ncccn1)c1ncc(F)cn1. The van der Waals surface area contributed by atoms with Crippen LogP contribution in [0.25, 0.3) is 5.57 Å². The van der Waals surface area contributed by atoms with Crippen LogP contribution in [0, 0.1) is 11.6 Å². The summed E-state index contributed by atoms with van der Waals surface area (Å²) in [7, 11) is 0. The Bertz CT molecular complexity index is 893. The van der Waals surface area contributed by atoms with Gasteiger partial charge in [0.15, 0.2) is 22.6 Å². The first-order valence-corrected chi connectivity index (χ1v) is 9.34. The van der Waals surface area contributed by atoms with E-state index in [4.69, 9.17) is 11.6 Å². The van der Waals surface area contributed by atoms with Crippen LogP contribution in [0.1, 0.15) is 40.3 Å². The van der Waals surface area contributed by atoms with Gasteiger partial charge < -0.3 is 0 Å². The van der Waals surface area contributed by atoms with Crippen molar-refractivity contribution in [2.75, 3.05) is 5.75 Å². The van der Waals surface area contributed by atoms with Crippen LogP contribution in [-0.4, -0.2) is 35.7 Å². The second-order valence-electron chi connectivity index (χ2n) is 5.75. The van der Waals surface area contributed by atoms with E-state index in [0.29, 0.717) is 22.6 Å². The molecule has 3 aromatic heterocycles. The largest absolute Gasteiger partial charge is 0.236 e. The lowest BCUT2D eigenvalue weighted by molar-refractivity contribution is 0.597. The van der Waals surface area contributed by atoms with Crippen molar-refractivity contribution in [1.82, 2.24) is 29.9 Å². The first-order chi connectivity index (χ1) is 13.3. The van der Waals surface area contributed by atoms with Crippen molar-refractivity contribution in [3.8, 4) is 0 Å². The smallest absolute Gasteiger partial charge is 0.187 e. The molecule has 10 heteroatoms. The highest BCUT2D eigenvalue weighted by molar-refractivity contribution is 7.99. The second-order valence-corrected chi connectivity index (χ2v) is 7.52. The van der Waals surface area contributed by atoms with E-state index < -0.39 is 16.5 Å². The molecule has 0 bridgehead atoms. The lowest BCUT2D eigenvalue weighted by Gasteiger charge is -2.18. The van der Waals surface area contributed by atoms with Crippen LogP contribution in [-0.2, 0) is 4.87 Å². The van der Waals surface area contributed by atoms with Gasteiger partial charge in [-0.2, -0.15) is 0 Å². The van der Waals surface area contributed by atoms with Gasteiger partial charge in [0.1, 0.15) is 10.7 Å². The van der Waals surface area contributed by atoms with E-state index in [2.05, 4.69) is 36.5 Å². The van der Waals surface area contributed by atoms with E-state index in [1.165, 1.54) is 11.8 Å². The monoisotopic (exact) mass is 454 g/mol. The topological polar surface area (TPSA) is 77.3 Å². The number of allylic oxidation sites excluding steroid dienone is 1. The van der Waals surface area contributed by atoms with Gasteiger partial charge in [-0.1, -0.05) is 33.2 Å². The fraction of sp³-hybridized carbons (Fsp3) is 0.300. The molecule has 0 fully saturated rings. The quantitative estimate of drug-likeness (QED) is 0.283. The Balaban J connectivity index is 0.000000604. The van der Waals surface area contributed by atoms with Gasteiger partial charge in [-0.15, -0.1) is 11.6 Å². The molecule has 1 unspecified atom stereocenters. The Hall–Kier alpha value is -2.52. The van der Waals surface area contributed by atoms with Gasteiger partial charge >= 0.3 is 0 Å². The molecule has 30 heavy (non-hydrogen) atoms. The number of hydrogen-bond donors (Lipinski definition) is 0. The maximum Gasteiger partial charge on any atom is 0.187 e. The predicted octanol–water partition coefficient (Wildman–Crippen LogP) is 5.57. The molecule has 0 aliphatic carbocycles. The normalized spacial score (nSPS) is 11.6. The minimum Gasteiger partial charge on any atom is -0.236 e. The Kier molecular flexibility index (Phi) is 11.8. The molecule has 0 saturated heterocycles. The van der Waals surface area contributed by atoms with Crippen molar-refractivity contribution in [3.05, 3.63) is 73.1 Å². The summed E-state index contributed by atoms with van der Waals surface area (Å²) in [5.41, 5.74) is 0.736. The molecule has 3 rings (SSSR count). The molecule has 0 N–H and O–H groups in total. The van der Waals surface area contributed by atoms with Gasteiger partial charge in [0, 0.05) is 18.1 Å². The summed E-state index contributed by atoms with van der Waals surface area (Å²) in [6.07, 6.45) is 7.78. The number of thioether (sulfide) groups is 1. The fourth-order valence-corrected chi connectivity index (χ4v) is 2.80. The summed E-state index contributed by atoms with van der Waals surface area (Å²) in [4.78, 5) is 22.5. The maximum absolute atomic E-state index is 12.7. The van der Waals surface area contributed by atoms with Crippen LogP contribution in [0.15, 0.2) is 55.0 Å². The minimum absolute atomic E-state index is 0. The van der Waals surface area contributed by atoms with E-state index in [1.807, 2.05) is 0 Å². The Labute approximate surface area is 185 Å². The average molecular weight is 455 g/mol. The standard InChI is InChI=1S/C11H10ClFN4S.C7H7FN2.2CH4/c1-11(12,9-16-5-8(13)6-17-9)7-18-10-14-3-2-4-15-10;1-5(2)7-9-3-6(8)4-10-7;;/h2-6H,7H2,1H3;3-4H,1H2,2H3;2*1H4. The molecule has 0 aliphatic rings. The number of aromatic nitrogens is 6. The molecule has 3 aromatic rings. The Morgan fingerprint density at radius 2 is 1.43 bits per heavy atom. The third kappa shape index (κ3) is 8.87. The molecule has 0 amide bonds. The lowest BCUT2D eigenvalue weighted by Crippen LogP contribution is -2.21. The van der Waals surface area contributed by atoms with E-state index in [1.54, 1.807) is 32.3 Å². The van der Waals surface area contributed by atoms with Gasteiger partial charge in [-0.05, 0) is 25.5 Å². The number of rotatable bonds is 5. The molecule has 0 aliphatic heterocycles. The highest BCUT2D eigenvalue weighted by atomic mass is 35.5. The molecule has 0 radical (unpaired) electrons. The molecular formula is C20H25ClF2N6S. The van der Waals surface area contributed by atoms with Gasteiger partial charge in [0.05, 0.1) is 24.8 Å². The van der Waals surface area contributed by atoms with Crippen LogP contribution in [0.2, 0.25) is 0 Å². The molecule has 162 valence electrons. The van der Waals surface area contributed by atoms with Gasteiger partial charge in [0.25, 0.3) is 0 Å². The molecule has 0 spiro atoms. The summed E-state index contributed by atoms with van der Waals surface area (Å²) in [6, 6.07) is 1.74. The van der Waals surface area contributed by atoms with Crippen LogP contribution in [0.4, 0.5) is 8.78 Å². The highest BCUT2D eigenvalue weighted by Gasteiger charge is 2.27. The van der Waals surface area contributed by atoms with Crippen molar-refractivity contribution < 1.29 is 8.78 Å². The Morgan fingerprint density at radius 1 is 0.967 bits per heavy atom. The van der Waals surface area contributed by atoms with Crippen molar-refractivity contribution in [1.29, 1.82) is 0 Å². The second kappa shape index (κ2) is 12.9. The summed E-state index contributed by atoms with van der Waals surface area (Å²) >= 11 is 7.74. The first kappa shape index (κ1) is 27.5. The van der Waals surface area contributed by atoms with Crippen molar-refractivity contribution in [2.45, 2.75) is 38.7 Å². The maximum atomic E-state index is 12.7. The fourth-order valence-electron chi connectivity index (χ4n) is 1.74. The third-order valence-corrected chi connectivity index (χ3v) is 4.75. The zero-order valence-corrected chi connectivity index (χ0v) is 16.8. The zero-order chi connectivity index (χ0) is 20.6. The first-order valence-electron chi connectivity index (χ1n) is 7.98. The van der Waals surface area contributed by atoms with E-state index >= 15 is 0 Å². The summed E-state index contributed by atoms with van der Waals surface area (Å²) < 4.78 is 24.9. The minimum atomic E-state index is -0.794. The zero-order valence-electron chi connectivity index (χ0n) is 15.2.